The molecule has 0 spiro atoms. The van der Waals surface area contributed by atoms with Crippen molar-refractivity contribution in [2.75, 3.05) is 18.6 Å². The summed E-state index contributed by atoms with van der Waals surface area (Å²) in [4.78, 5) is 18.1. The first-order chi connectivity index (χ1) is 11.7. The Labute approximate surface area is 152 Å². The Morgan fingerprint density at radius 2 is 1.96 bits per heavy atom. The lowest BCUT2D eigenvalue weighted by molar-refractivity contribution is -0.130. The summed E-state index contributed by atoms with van der Waals surface area (Å²) in [6.07, 6.45) is 1.48. The van der Waals surface area contributed by atoms with Gasteiger partial charge in [-0.05, 0) is 31.2 Å². The SMILES string of the molecule is CCS(=O)(=O)CC(C)N(C)C(=O)Cc1coc(-c2ccc(Cl)cc2)n1. The average Bonchev–Trinajstić information content (AvgIpc) is 3.02. The van der Waals surface area contributed by atoms with Crippen molar-refractivity contribution in [1.29, 1.82) is 0 Å². The van der Waals surface area contributed by atoms with Crippen LogP contribution in [0.15, 0.2) is 34.9 Å². The highest BCUT2D eigenvalue weighted by Gasteiger charge is 2.22. The van der Waals surface area contributed by atoms with E-state index in [4.69, 9.17) is 16.0 Å². The van der Waals surface area contributed by atoms with Crippen LogP contribution in [0.2, 0.25) is 5.02 Å². The Bertz CT molecular complexity index is 831. The van der Waals surface area contributed by atoms with Crippen LogP contribution >= 0.6 is 11.6 Å². The molecule has 2 rings (SSSR count). The van der Waals surface area contributed by atoms with Gasteiger partial charge in [0.1, 0.15) is 6.26 Å². The average molecular weight is 385 g/mol. The van der Waals surface area contributed by atoms with E-state index in [1.165, 1.54) is 11.2 Å². The Morgan fingerprint density at radius 1 is 1.32 bits per heavy atom. The zero-order chi connectivity index (χ0) is 18.6. The predicted molar refractivity (Wildman–Crippen MR) is 97.2 cm³/mol. The van der Waals surface area contributed by atoms with Gasteiger partial charge in [-0.2, -0.15) is 0 Å². The van der Waals surface area contributed by atoms with Crippen LogP contribution in [0.1, 0.15) is 19.5 Å². The largest absolute Gasteiger partial charge is 0.444 e. The number of hydrogen-bond acceptors (Lipinski definition) is 5. The maximum atomic E-state index is 12.4. The van der Waals surface area contributed by atoms with E-state index in [0.29, 0.717) is 16.6 Å². The fourth-order valence-electron chi connectivity index (χ4n) is 2.24. The molecule has 0 radical (unpaired) electrons. The van der Waals surface area contributed by atoms with E-state index in [9.17, 15) is 13.2 Å². The molecule has 0 bridgehead atoms. The number of carbonyl (C=O) groups is 1. The van der Waals surface area contributed by atoms with E-state index < -0.39 is 15.9 Å². The van der Waals surface area contributed by atoms with Crippen molar-refractivity contribution in [3.63, 3.8) is 0 Å². The number of aromatic nitrogens is 1. The molecule has 0 saturated heterocycles. The second-order valence-electron chi connectivity index (χ2n) is 5.88. The van der Waals surface area contributed by atoms with Crippen LogP contribution < -0.4 is 0 Å². The molecule has 0 saturated carbocycles. The maximum Gasteiger partial charge on any atom is 0.228 e. The Kier molecular flexibility index (Phi) is 6.24. The number of benzene rings is 1. The van der Waals surface area contributed by atoms with Crippen LogP contribution in [0.3, 0.4) is 0 Å². The molecular weight excluding hydrogens is 364 g/mol. The molecule has 1 atom stereocenters. The summed E-state index contributed by atoms with van der Waals surface area (Å²) in [6.45, 7) is 3.31. The van der Waals surface area contributed by atoms with E-state index in [1.807, 2.05) is 0 Å². The third-order valence-electron chi connectivity index (χ3n) is 3.96. The van der Waals surface area contributed by atoms with E-state index >= 15 is 0 Å². The summed E-state index contributed by atoms with van der Waals surface area (Å²) < 4.78 is 28.8. The maximum absolute atomic E-state index is 12.4. The molecule has 1 heterocycles. The summed E-state index contributed by atoms with van der Waals surface area (Å²) in [6, 6.07) is 6.62. The van der Waals surface area contributed by atoms with Gasteiger partial charge in [0.15, 0.2) is 9.84 Å². The van der Waals surface area contributed by atoms with Gasteiger partial charge in [0.2, 0.25) is 11.8 Å². The molecule has 0 aliphatic heterocycles. The zero-order valence-electron chi connectivity index (χ0n) is 14.4. The lowest BCUT2D eigenvalue weighted by atomic mass is 10.2. The summed E-state index contributed by atoms with van der Waals surface area (Å²) in [7, 11) is -1.55. The molecule has 1 aromatic carbocycles. The Hall–Kier alpha value is -1.86. The van der Waals surface area contributed by atoms with Crippen LogP contribution in [-0.4, -0.2) is 48.8 Å². The Morgan fingerprint density at radius 3 is 2.56 bits per heavy atom. The number of rotatable bonds is 7. The highest BCUT2D eigenvalue weighted by atomic mass is 35.5. The number of carbonyl (C=O) groups excluding carboxylic acids is 1. The minimum Gasteiger partial charge on any atom is -0.444 e. The highest BCUT2D eigenvalue weighted by Crippen LogP contribution is 2.21. The van der Waals surface area contributed by atoms with Crippen molar-refractivity contribution in [1.82, 2.24) is 9.88 Å². The van der Waals surface area contributed by atoms with Crippen molar-refractivity contribution >= 4 is 27.3 Å². The van der Waals surface area contributed by atoms with Gasteiger partial charge in [-0.25, -0.2) is 13.4 Å². The number of oxazole rings is 1. The van der Waals surface area contributed by atoms with Gasteiger partial charge in [-0.1, -0.05) is 18.5 Å². The third-order valence-corrected chi connectivity index (χ3v) is 6.09. The van der Waals surface area contributed by atoms with E-state index in [-0.39, 0.29) is 23.8 Å². The summed E-state index contributed by atoms with van der Waals surface area (Å²) >= 11 is 5.85. The fourth-order valence-corrected chi connectivity index (χ4v) is 3.56. The first-order valence-electron chi connectivity index (χ1n) is 7.88. The van der Waals surface area contributed by atoms with Gasteiger partial charge in [0, 0.05) is 29.4 Å². The normalized spacial score (nSPS) is 12.8. The monoisotopic (exact) mass is 384 g/mol. The summed E-state index contributed by atoms with van der Waals surface area (Å²) in [5.41, 5.74) is 1.26. The predicted octanol–water partition coefficient (Wildman–Crippen LogP) is 2.82. The second-order valence-corrected chi connectivity index (χ2v) is 8.71. The number of halogens is 1. The molecule has 25 heavy (non-hydrogen) atoms. The second kappa shape index (κ2) is 8.01. The first-order valence-corrected chi connectivity index (χ1v) is 10.1. The molecule has 6 nitrogen and oxygen atoms in total. The smallest absolute Gasteiger partial charge is 0.228 e. The third kappa shape index (κ3) is 5.31. The molecule has 1 unspecified atom stereocenters. The van der Waals surface area contributed by atoms with Gasteiger partial charge in [-0.15, -0.1) is 0 Å². The van der Waals surface area contributed by atoms with E-state index in [1.54, 1.807) is 45.2 Å². The number of amides is 1. The number of hydrogen-bond donors (Lipinski definition) is 0. The molecule has 0 aliphatic rings. The van der Waals surface area contributed by atoms with Crippen molar-refractivity contribution in [3.05, 3.63) is 41.2 Å². The molecule has 0 aliphatic carbocycles. The molecule has 136 valence electrons. The summed E-state index contributed by atoms with van der Waals surface area (Å²) in [5, 5.41) is 0.614. The molecule has 2 aromatic rings. The molecule has 0 fully saturated rings. The minimum absolute atomic E-state index is 0.0457. The molecule has 1 aromatic heterocycles. The fraction of sp³-hybridized carbons (Fsp3) is 0.412. The standard InChI is InChI=1S/C17H21ClN2O4S/c1-4-25(22,23)11-12(2)20(3)16(21)9-15-10-24-17(19-15)13-5-7-14(18)8-6-13/h5-8,10,12H,4,9,11H2,1-3H3. The van der Waals surface area contributed by atoms with Crippen molar-refractivity contribution in [2.45, 2.75) is 26.3 Å². The minimum atomic E-state index is -3.14. The summed E-state index contributed by atoms with van der Waals surface area (Å²) in [5.74, 6) is 0.201. The number of sulfone groups is 1. The van der Waals surface area contributed by atoms with Crippen molar-refractivity contribution in [3.8, 4) is 11.5 Å². The van der Waals surface area contributed by atoms with E-state index in [0.717, 1.165) is 5.56 Å². The quantitative estimate of drug-likeness (QED) is 0.733. The van der Waals surface area contributed by atoms with Crippen LogP contribution in [0, 0.1) is 0 Å². The Balaban J connectivity index is 2.02. The molecular formula is C17H21ClN2O4S. The van der Waals surface area contributed by atoms with E-state index in [2.05, 4.69) is 4.98 Å². The van der Waals surface area contributed by atoms with Crippen molar-refractivity contribution < 1.29 is 17.6 Å². The van der Waals surface area contributed by atoms with Crippen molar-refractivity contribution in [2.24, 2.45) is 0 Å². The van der Waals surface area contributed by atoms with Gasteiger partial charge in [0.05, 0.1) is 17.9 Å². The van der Waals surface area contributed by atoms with Crippen LogP contribution in [-0.2, 0) is 21.1 Å². The lowest BCUT2D eigenvalue weighted by Gasteiger charge is -2.24. The molecule has 8 heteroatoms. The van der Waals surface area contributed by atoms with Gasteiger partial charge >= 0.3 is 0 Å². The topological polar surface area (TPSA) is 80.5 Å². The highest BCUT2D eigenvalue weighted by molar-refractivity contribution is 7.91. The van der Waals surface area contributed by atoms with Gasteiger partial charge in [-0.3, -0.25) is 4.79 Å². The lowest BCUT2D eigenvalue weighted by Crippen LogP contribution is -2.40. The molecule has 0 N–H and O–H groups in total. The number of likely N-dealkylation sites (N-methyl/N-ethyl adjacent to an activating group) is 1. The van der Waals surface area contributed by atoms with Gasteiger partial charge < -0.3 is 9.32 Å². The van der Waals surface area contributed by atoms with Crippen LogP contribution in [0.4, 0.5) is 0 Å². The zero-order valence-corrected chi connectivity index (χ0v) is 16.0. The first kappa shape index (κ1) is 19.5. The van der Waals surface area contributed by atoms with Crippen LogP contribution in [0.25, 0.3) is 11.5 Å². The van der Waals surface area contributed by atoms with Crippen LogP contribution in [0.5, 0.6) is 0 Å². The van der Waals surface area contributed by atoms with Gasteiger partial charge in [0.25, 0.3) is 0 Å². The number of nitrogens with zero attached hydrogens (tertiary/aromatic N) is 2. The molecule has 1 amide bonds.